The Morgan fingerprint density at radius 1 is 1.00 bits per heavy atom. The van der Waals surface area contributed by atoms with E-state index in [0.29, 0.717) is 0 Å². The maximum Gasteiger partial charge on any atom is 0.243 e. The van der Waals surface area contributed by atoms with Gasteiger partial charge >= 0.3 is 0 Å². The molecule has 16 heavy (non-hydrogen) atoms. The molecule has 0 aliphatic heterocycles. The number of nitrogens with one attached hydrogen (secondary N) is 1. The maximum absolute atomic E-state index is 11.1. The highest BCUT2D eigenvalue weighted by atomic mass is 16.1. The number of carbonyl (C=O) groups is 1. The largest absolute Gasteiger partial charge is 0.353 e. The Morgan fingerprint density at radius 2 is 1.56 bits per heavy atom. The molecule has 0 aromatic carbocycles. The zero-order valence-electron chi connectivity index (χ0n) is 10.9. The van der Waals surface area contributed by atoms with Crippen LogP contribution >= 0.6 is 0 Å². The molecule has 2 heteroatoms. The Kier molecular flexibility index (Phi) is 11.7. The topological polar surface area (TPSA) is 29.1 Å². The number of hydrogen-bond donors (Lipinski definition) is 1. The minimum atomic E-state index is 0.0328. The number of unbranched alkanes of at least 4 members (excludes halogenated alkanes) is 7. The van der Waals surface area contributed by atoms with Crippen LogP contribution in [0.15, 0.2) is 12.2 Å². The van der Waals surface area contributed by atoms with E-state index in [1.165, 1.54) is 44.9 Å². The number of rotatable bonds is 10. The average Bonchev–Trinajstić information content (AvgIpc) is 2.27. The van der Waals surface area contributed by atoms with Crippen LogP contribution in [0.2, 0.25) is 0 Å². The Hall–Kier alpha value is -0.790. The molecule has 1 N–H and O–H groups in total. The summed E-state index contributed by atoms with van der Waals surface area (Å²) in [5.74, 6) is 0.0328. The molecule has 0 atom stereocenters. The molecular weight excluding hydrogens is 198 g/mol. The van der Waals surface area contributed by atoms with Gasteiger partial charge in [-0.15, -0.1) is 0 Å². The van der Waals surface area contributed by atoms with E-state index in [9.17, 15) is 4.79 Å². The Balaban J connectivity index is 3.07. The van der Waals surface area contributed by atoms with Crippen LogP contribution in [0.4, 0.5) is 0 Å². The van der Waals surface area contributed by atoms with Gasteiger partial charge in [0, 0.05) is 6.54 Å². The third kappa shape index (κ3) is 11.3. The standard InChI is InChI=1S/C14H27NO/c1-3-5-6-7-8-9-10-11-13-15-14(16)12-4-2/h4,12H,3,5-11,13H2,1-2H3,(H,15,16)/b12-4+. The molecule has 0 unspecified atom stereocenters. The lowest BCUT2D eigenvalue weighted by Gasteiger charge is -2.02. The van der Waals surface area contributed by atoms with Crippen molar-refractivity contribution in [3.63, 3.8) is 0 Å². The van der Waals surface area contributed by atoms with Gasteiger partial charge in [0.1, 0.15) is 0 Å². The van der Waals surface area contributed by atoms with Crippen LogP contribution in [0.25, 0.3) is 0 Å². The zero-order chi connectivity index (χ0) is 12.1. The van der Waals surface area contributed by atoms with E-state index in [0.717, 1.165) is 13.0 Å². The second kappa shape index (κ2) is 12.3. The summed E-state index contributed by atoms with van der Waals surface area (Å²) in [6.45, 7) is 4.92. The Morgan fingerprint density at radius 3 is 2.12 bits per heavy atom. The molecule has 0 bridgehead atoms. The summed E-state index contributed by atoms with van der Waals surface area (Å²) < 4.78 is 0. The number of carbonyl (C=O) groups excluding carboxylic acids is 1. The molecule has 0 rings (SSSR count). The Bertz CT molecular complexity index is 187. The first kappa shape index (κ1) is 15.2. The lowest BCUT2D eigenvalue weighted by atomic mass is 10.1. The quantitative estimate of drug-likeness (QED) is 0.444. The summed E-state index contributed by atoms with van der Waals surface area (Å²) in [5, 5.41) is 2.87. The van der Waals surface area contributed by atoms with Crippen molar-refractivity contribution in [1.82, 2.24) is 5.32 Å². The van der Waals surface area contributed by atoms with E-state index in [2.05, 4.69) is 12.2 Å². The molecule has 0 aliphatic rings. The summed E-state index contributed by atoms with van der Waals surface area (Å²) in [6, 6.07) is 0. The summed E-state index contributed by atoms with van der Waals surface area (Å²) in [4.78, 5) is 11.1. The molecule has 2 nitrogen and oxygen atoms in total. The van der Waals surface area contributed by atoms with Gasteiger partial charge in [0.2, 0.25) is 5.91 Å². The maximum atomic E-state index is 11.1. The molecule has 0 aromatic rings. The predicted molar refractivity (Wildman–Crippen MR) is 70.4 cm³/mol. The van der Waals surface area contributed by atoms with Crippen LogP contribution in [0.5, 0.6) is 0 Å². The van der Waals surface area contributed by atoms with Crippen molar-refractivity contribution < 1.29 is 4.79 Å². The van der Waals surface area contributed by atoms with Gasteiger partial charge in [-0.3, -0.25) is 4.79 Å². The second-order valence-corrected chi connectivity index (χ2v) is 4.27. The van der Waals surface area contributed by atoms with Crippen LogP contribution in [-0.2, 0) is 4.79 Å². The minimum absolute atomic E-state index is 0.0328. The van der Waals surface area contributed by atoms with Gasteiger partial charge in [0.25, 0.3) is 0 Å². The fraction of sp³-hybridized carbons (Fsp3) is 0.786. The fourth-order valence-corrected chi connectivity index (χ4v) is 1.68. The first-order valence-corrected chi connectivity index (χ1v) is 6.71. The minimum Gasteiger partial charge on any atom is -0.353 e. The van der Waals surface area contributed by atoms with Gasteiger partial charge in [0.15, 0.2) is 0 Å². The van der Waals surface area contributed by atoms with E-state index < -0.39 is 0 Å². The molecule has 0 aliphatic carbocycles. The van der Waals surface area contributed by atoms with Gasteiger partial charge in [0.05, 0.1) is 0 Å². The van der Waals surface area contributed by atoms with Crippen molar-refractivity contribution >= 4 is 5.91 Å². The summed E-state index contributed by atoms with van der Waals surface area (Å²) >= 11 is 0. The second-order valence-electron chi connectivity index (χ2n) is 4.27. The van der Waals surface area contributed by atoms with Gasteiger partial charge in [-0.2, -0.15) is 0 Å². The summed E-state index contributed by atoms with van der Waals surface area (Å²) in [6.07, 6.45) is 13.8. The number of allylic oxidation sites excluding steroid dienone is 1. The molecule has 1 amide bonds. The highest BCUT2D eigenvalue weighted by Crippen LogP contribution is 2.07. The average molecular weight is 225 g/mol. The molecule has 0 heterocycles. The molecule has 94 valence electrons. The van der Waals surface area contributed by atoms with Crippen molar-refractivity contribution in [2.45, 2.75) is 65.2 Å². The van der Waals surface area contributed by atoms with E-state index in [1.54, 1.807) is 12.2 Å². The van der Waals surface area contributed by atoms with E-state index in [-0.39, 0.29) is 5.91 Å². The zero-order valence-corrected chi connectivity index (χ0v) is 10.9. The van der Waals surface area contributed by atoms with Crippen LogP contribution < -0.4 is 5.32 Å². The molecule has 0 fully saturated rings. The molecule has 0 spiro atoms. The highest BCUT2D eigenvalue weighted by Gasteiger charge is 1.94. The van der Waals surface area contributed by atoms with Crippen LogP contribution in [-0.4, -0.2) is 12.5 Å². The third-order valence-corrected chi connectivity index (χ3v) is 2.65. The van der Waals surface area contributed by atoms with Crippen molar-refractivity contribution in [3.05, 3.63) is 12.2 Å². The van der Waals surface area contributed by atoms with Crippen molar-refractivity contribution in [2.24, 2.45) is 0 Å². The van der Waals surface area contributed by atoms with Gasteiger partial charge in [-0.05, 0) is 19.4 Å². The van der Waals surface area contributed by atoms with Crippen LogP contribution in [0.1, 0.15) is 65.2 Å². The summed E-state index contributed by atoms with van der Waals surface area (Å²) in [5.41, 5.74) is 0. The van der Waals surface area contributed by atoms with Crippen molar-refractivity contribution in [1.29, 1.82) is 0 Å². The Labute approximate surface area is 101 Å². The number of amides is 1. The van der Waals surface area contributed by atoms with Crippen LogP contribution in [0.3, 0.4) is 0 Å². The smallest absolute Gasteiger partial charge is 0.243 e. The summed E-state index contributed by atoms with van der Waals surface area (Å²) in [7, 11) is 0. The van der Waals surface area contributed by atoms with Crippen molar-refractivity contribution in [2.75, 3.05) is 6.54 Å². The molecular formula is C14H27NO. The van der Waals surface area contributed by atoms with Gasteiger partial charge in [-0.1, -0.05) is 57.9 Å². The third-order valence-electron chi connectivity index (χ3n) is 2.65. The van der Waals surface area contributed by atoms with Gasteiger partial charge in [-0.25, -0.2) is 0 Å². The lowest BCUT2D eigenvalue weighted by molar-refractivity contribution is -0.116. The predicted octanol–water partition coefficient (Wildman–Crippen LogP) is 3.82. The first-order chi connectivity index (χ1) is 7.81. The van der Waals surface area contributed by atoms with E-state index >= 15 is 0 Å². The normalized spacial score (nSPS) is 10.9. The SMILES string of the molecule is C/C=C/C(=O)NCCCCCCCCCC. The first-order valence-electron chi connectivity index (χ1n) is 6.71. The molecule has 0 radical (unpaired) electrons. The fourth-order valence-electron chi connectivity index (χ4n) is 1.68. The monoisotopic (exact) mass is 225 g/mol. The van der Waals surface area contributed by atoms with Gasteiger partial charge < -0.3 is 5.32 Å². The molecule has 0 saturated carbocycles. The van der Waals surface area contributed by atoms with E-state index in [4.69, 9.17) is 0 Å². The number of hydrogen-bond acceptors (Lipinski definition) is 1. The highest BCUT2D eigenvalue weighted by molar-refractivity contribution is 5.87. The molecule has 0 saturated heterocycles. The molecule has 0 aromatic heterocycles. The lowest BCUT2D eigenvalue weighted by Crippen LogP contribution is -2.21. The van der Waals surface area contributed by atoms with Crippen LogP contribution in [0, 0.1) is 0 Å². The van der Waals surface area contributed by atoms with Crippen molar-refractivity contribution in [3.8, 4) is 0 Å². The van der Waals surface area contributed by atoms with E-state index in [1.807, 2.05) is 6.92 Å².